The van der Waals surface area contributed by atoms with Crippen LogP contribution < -0.4 is 4.90 Å². The van der Waals surface area contributed by atoms with E-state index in [1.807, 2.05) is 24.3 Å². The number of hydrogen-bond donors (Lipinski definition) is 0. The Kier molecular flexibility index (Phi) is 9.46. The summed E-state index contributed by atoms with van der Waals surface area (Å²) in [5.41, 5.74) is 2.28. The molecule has 0 unspecified atom stereocenters. The highest BCUT2D eigenvalue weighted by Crippen LogP contribution is 2.23. The van der Waals surface area contributed by atoms with E-state index in [1.165, 1.54) is 0 Å². The maximum atomic E-state index is 12.2. The maximum absolute atomic E-state index is 12.2. The highest BCUT2D eigenvalue weighted by molar-refractivity contribution is 7.91. The second-order valence-corrected chi connectivity index (χ2v) is 9.07. The Hall–Kier alpha value is -2.07. The summed E-state index contributed by atoms with van der Waals surface area (Å²) in [6, 6.07) is 14.0. The second kappa shape index (κ2) is 11.8. The second-order valence-electron chi connectivity index (χ2n) is 6.20. The predicted molar refractivity (Wildman–Crippen MR) is 121 cm³/mol. The van der Waals surface area contributed by atoms with Crippen LogP contribution in [0, 0.1) is 12.3 Å². The van der Waals surface area contributed by atoms with Crippen molar-refractivity contribution < 1.29 is 8.42 Å². The first-order valence-electron chi connectivity index (χ1n) is 9.15. The summed E-state index contributed by atoms with van der Waals surface area (Å²) >= 11 is 11.7. The molecule has 0 heterocycles. The lowest BCUT2D eigenvalue weighted by molar-refractivity contribution is 0.594. The van der Waals surface area contributed by atoms with Gasteiger partial charge in [-0.1, -0.05) is 0 Å². The van der Waals surface area contributed by atoms with E-state index in [4.69, 9.17) is 29.6 Å². The smallest absolute Gasteiger partial charge is 0.178 e. The van der Waals surface area contributed by atoms with Crippen LogP contribution in [0.3, 0.4) is 0 Å². The van der Waals surface area contributed by atoms with Crippen LogP contribution in [-0.2, 0) is 9.84 Å². The van der Waals surface area contributed by atoms with Gasteiger partial charge in [-0.15, -0.1) is 35.5 Å². The van der Waals surface area contributed by atoms with E-state index in [9.17, 15) is 8.42 Å². The van der Waals surface area contributed by atoms with Crippen molar-refractivity contribution in [1.29, 1.82) is 0 Å². The standard InChI is InChI=1S/C21H23Cl2N3O2S/c1-2-3-4-17-29(27,28)21-11-7-19(8-12-21)25-24-18-5-9-20(10-6-18)26(15-13-22)16-14-23/h1,5-12H,3-4,13-17H2. The Bertz CT molecular complexity index is 931. The molecule has 0 aliphatic heterocycles. The van der Waals surface area contributed by atoms with Gasteiger partial charge in [0.1, 0.15) is 0 Å². The van der Waals surface area contributed by atoms with Gasteiger partial charge in [-0.25, -0.2) is 8.42 Å². The summed E-state index contributed by atoms with van der Waals surface area (Å²) in [4.78, 5) is 2.36. The normalized spacial score (nSPS) is 11.5. The fourth-order valence-electron chi connectivity index (χ4n) is 2.62. The van der Waals surface area contributed by atoms with Gasteiger partial charge in [-0.3, -0.25) is 0 Å². The average molecular weight is 452 g/mol. The van der Waals surface area contributed by atoms with Crippen LogP contribution in [0.15, 0.2) is 63.7 Å². The third kappa shape index (κ3) is 7.36. The summed E-state index contributed by atoms with van der Waals surface area (Å²) in [7, 11) is -3.33. The van der Waals surface area contributed by atoms with E-state index >= 15 is 0 Å². The van der Waals surface area contributed by atoms with Gasteiger partial charge in [-0.05, 0) is 55.0 Å². The monoisotopic (exact) mass is 451 g/mol. The van der Waals surface area contributed by atoms with Crippen LogP contribution in [0.2, 0.25) is 0 Å². The molecule has 0 amide bonds. The molecule has 0 atom stereocenters. The van der Waals surface area contributed by atoms with E-state index in [2.05, 4.69) is 21.0 Å². The number of halogens is 2. The zero-order valence-electron chi connectivity index (χ0n) is 16.0. The lowest BCUT2D eigenvalue weighted by atomic mass is 10.2. The molecule has 8 heteroatoms. The minimum atomic E-state index is -3.33. The van der Waals surface area contributed by atoms with E-state index < -0.39 is 9.84 Å². The predicted octanol–water partition coefficient (Wildman–Crippen LogP) is 5.57. The third-order valence-electron chi connectivity index (χ3n) is 4.13. The van der Waals surface area contributed by atoms with Crippen LogP contribution in [0.1, 0.15) is 12.8 Å². The number of unbranched alkanes of at least 4 members (excludes halogenated alkanes) is 1. The molecular weight excluding hydrogens is 429 g/mol. The highest BCUT2D eigenvalue weighted by Gasteiger charge is 2.13. The summed E-state index contributed by atoms with van der Waals surface area (Å²) in [6.45, 7) is 1.43. The molecule has 0 fully saturated rings. The fourth-order valence-corrected chi connectivity index (χ4v) is 4.34. The first kappa shape index (κ1) is 23.2. The van der Waals surface area contributed by atoms with Crippen molar-refractivity contribution in [1.82, 2.24) is 0 Å². The first-order chi connectivity index (χ1) is 14.0. The van der Waals surface area contributed by atoms with E-state index in [0.717, 1.165) is 5.69 Å². The van der Waals surface area contributed by atoms with Gasteiger partial charge >= 0.3 is 0 Å². The highest BCUT2D eigenvalue weighted by atomic mass is 35.5. The summed E-state index contributed by atoms with van der Waals surface area (Å²) < 4.78 is 24.5. The quantitative estimate of drug-likeness (QED) is 0.194. The van der Waals surface area contributed by atoms with Crippen molar-refractivity contribution in [3.63, 3.8) is 0 Å². The Morgan fingerprint density at radius 1 is 0.897 bits per heavy atom. The molecule has 0 spiro atoms. The number of benzene rings is 2. The number of hydrogen-bond acceptors (Lipinski definition) is 5. The number of azo groups is 1. The average Bonchev–Trinajstić information content (AvgIpc) is 2.73. The van der Waals surface area contributed by atoms with Gasteiger partial charge in [0.15, 0.2) is 9.84 Å². The molecule has 29 heavy (non-hydrogen) atoms. The molecule has 0 bridgehead atoms. The molecule has 0 saturated heterocycles. The number of terminal acetylenes is 1. The van der Waals surface area contributed by atoms with E-state index in [-0.39, 0.29) is 10.6 Å². The number of rotatable bonds is 11. The minimum absolute atomic E-state index is 0.0366. The zero-order chi connectivity index (χ0) is 21.1. The van der Waals surface area contributed by atoms with Crippen molar-refractivity contribution in [2.24, 2.45) is 10.2 Å². The van der Waals surface area contributed by atoms with Crippen LogP contribution in [0.25, 0.3) is 0 Å². The maximum Gasteiger partial charge on any atom is 0.178 e. The number of nitrogens with zero attached hydrogens (tertiary/aromatic N) is 3. The van der Waals surface area contributed by atoms with Gasteiger partial charge in [0.2, 0.25) is 0 Å². The molecular formula is C21H23Cl2N3O2S. The largest absolute Gasteiger partial charge is 0.369 e. The molecule has 0 radical (unpaired) electrons. The van der Waals surface area contributed by atoms with Crippen LogP contribution >= 0.6 is 23.2 Å². The van der Waals surface area contributed by atoms with E-state index in [0.29, 0.717) is 49.1 Å². The summed E-state index contributed by atoms with van der Waals surface area (Å²) in [5, 5.41) is 8.37. The van der Waals surface area contributed by atoms with Gasteiger partial charge in [0.25, 0.3) is 0 Å². The van der Waals surface area contributed by atoms with Crippen LogP contribution in [0.4, 0.5) is 17.1 Å². The summed E-state index contributed by atoms with van der Waals surface area (Å²) in [6.07, 6.45) is 6.06. The van der Waals surface area contributed by atoms with Crippen LogP contribution in [-0.4, -0.2) is 39.0 Å². The molecule has 0 aromatic heterocycles. The summed E-state index contributed by atoms with van der Waals surface area (Å²) in [5.74, 6) is 3.53. The molecule has 0 N–H and O–H groups in total. The third-order valence-corrected chi connectivity index (χ3v) is 6.29. The first-order valence-corrected chi connectivity index (χ1v) is 11.9. The van der Waals surface area contributed by atoms with Crippen molar-refractivity contribution >= 4 is 50.1 Å². The van der Waals surface area contributed by atoms with Crippen molar-refractivity contribution in [2.45, 2.75) is 17.7 Å². The molecule has 0 aliphatic carbocycles. The van der Waals surface area contributed by atoms with Gasteiger partial charge < -0.3 is 4.90 Å². The Labute approximate surface area is 182 Å². The number of anilines is 1. The van der Waals surface area contributed by atoms with Gasteiger partial charge in [0, 0.05) is 37.0 Å². The SMILES string of the molecule is C#CCCCS(=O)(=O)c1ccc(N=Nc2ccc(N(CCCl)CCCl)cc2)cc1. The van der Waals surface area contributed by atoms with Crippen molar-refractivity contribution in [2.75, 3.05) is 35.5 Å². The molecule has 2 aromatic rings. The Morgan fingerprint density at radius 2 is 1.41 bits per heavy atom. The Morgan fingerprint density at radius 3 is 1.90 bits per heavy atom. The van der Waals surface area contributed by atoms with E-state index in [1.54, 1.807) is 24.3 Å². The van der Waals surface area contributed by atoms with Crippen molar-refractivity contribution in [3.8, 4) is 12.3 Å². The topological polar surface area (TPSA) is 62.1 Å². The Balaban J connectivity index is 2.03. The lowest BCUT2D eigenvalue weighted by Crippen LogP contribution is -2.27. The molecule has 2 aromatic carbocycles. The molecule has 154 valence electrons. The van der Waals surface area contributed by atoms with Crippen molar-refractivity contribution in [3.05, 3.63) is 48.5 Å². The zero-order valence-corrected chi connectivity index (χ0v) is 18.3. The van der Waals surface area contributed by atoms with Crippen LogP contribution in [0.5, 0.6) is 0 Å². The van der Waals surface area contributed by atoms with Gasteiger partial charge in [-0.2, -0.15) is 10.2 Å². The molecule has 5 nitrogen and oxygen atoms in total. The molecule has 0 aliphatic rings. The fraction of sp³-hybridized carbons (Fsp3) is 0.333. The lowest BCUT2D eigenvalue weighted by Gasteiger charge is -2.22. The molecule has 0 saturated carbocycles. The molecule has 2 rings (SSSR count). The minimum Gasteiger partial charge on any atom is -0.369 e. The number of sulfone groups is 1. The number of alkyl halides is 2. The van der Waals surface area contributed by atoms with Gasteiger partial charge in [0.05, 0.1) is 22.0 Å².